The monoisotopic (exact) mass is 555 g/mol. The molecule has 8 heteroatoms. The summed E-state index contributed by atoms with van der Waals surface area (Å²) in [5.41, 5.74) is 3.50. The number of carbonyl (C=O) groups excluding carboxylic acids is 1. The molecular weight excluding hydrogens is 517 g/mol. The molecule has 1 unspecified atom stereocenters. The molecule has 2 atom stereocenters. The number of alkyl halides is 1. The molecule has 0 radical (unpaired) electrons. The Morgan fingerprint density at radius 3 is 2.49 bits per heavy atom. The van der Waals surface area contributed by atoms with Crippen LogP contribution >= 0.6 is 0 Å². The Morgan fingerprint density at radius 2 is 1.80 bits per heavy atom. The number of hydrogen-bond acceptors (Lipinski definition) is 6. The zero-order valence-corrected chi connectivity index (χ0v) is 23.8. The number of hydrogen-bond donors (Lipinski definition) is 0. The van der Waals surface area contributed by atoms with Gasteiger partial charge in [0.05, 0.1) is 17.6 Å². The van der Waals surface area contributed by atoms with E-state index in [0.29, 0.717) is 24.8 Å². The van der Waals surface area contributed by atoms with Crippen LogP contribution in [0, 0.1) is 30.1 Å². The van der Waals surface area contributed by atoms with Gasteiger partial charge in [-0.05, 0) is 107 Å². The van der Waals surface area contributed by atoms with Crippen LogP contribution < -0.4 is 4.90 Å². The summed E-state index contributed by atoms with van der Waals surface area (Å²) < 4.78 is 20.7. The molecule has 0 spiro atoms. The van der Waals surface area contributed by atoms with E-state index in [1.807, 2.05) is 30.0 Å². The first-order valence-electron chi connectivity index (χ1n) is 15.6. The van der Waals surface area contributed by atoms with Crippen molar-refractivity contribution in [1.29, 1.82) is 0 Å². The largest absolute Gasteiger partial charge is 0.339 e. The molecule has 2 aromatic heterocycles. The number of aryl methyl sites for hydroxylation is 1. The number of halogens is 1. The second-order valence-corrected chi connectivity index (χ2v) is 13.9. The predicted molar refractivity (Wildman–Crippen MR) is 152 cm³/mol. The molecule has 0 N–H and O–H groups in total. The van der Waals surface area contributed by atoms with Crippen LogP contribution in [0.25, 0.3) is 11.3 Å². The lowest BCUT2D eigenvalue weighted by Crippen LogP contribution is -2.54. The van der Waals surface area contributed by atoms with E-state index in [0.717, 1.165) is 85.7 Å². The number of fused-ring (bicyclic) bond motifs is 5. The number of rotatable bonds is 7. The predicted octanol–water partition coefficient (Wildman–Crippen LogP) is 6.72. The zero-order valence-electron chi connectivity index (χ0n) is 23.8. The van der Waals surface area contributed by atoms with Gasteiger partial charge >= 0.3 is 0 Å². The Kier molecular flexibility index (Phi) is 5.87. The molecule has 2 heterocycles. The molecule has 7 fully saturated rings. The van der Waals surface area contributed by atoms with Gasteiger partial charge in [-0.15, -0.1) is 0 Å². The Bertz CT molecular complexity index is 1440. The summed E-state index contributed by atoms with van der Waals surface area (Å²) in [5, 5.41) is 4.32. The average molecular weight is 556 g/mol. The van der Waals surface area contributed by atoms with E-state index in [2.05, 4.69) is 21.2 Å². The Hall–Kier alpha value is -3.16. The third-order valence-electron chi connectivity index (χ3n) is 11.3. The van der Waals surface area contributed by atoms with Crippen LogP contribution in [-0.2, 0) is 10.2 Å². The van der Waals surface area contributed by atoms with E-state index >= 15 is 0 Å². The molecule has 0 aliphatic heterocycles. The summed E-state index contributed by atoms with van der Waals surface area (Å²) in [5.74, 6) is 2.56. The van der Waals surface area contributed by atoms with Crippen molar-refractivity contribution < 1.29 is 13.7 Å². The minimum absolute atomic E-state index is 0.0213. The lowest BCUT2D eigenvalue weighted by molar-refractivity contribution is -0.133. The number of carbonyl (C=O) groups is 1. The first-order valence-corrected chi connectivity index (χ1v) is 15.6. The van der Waals surface area contributed by atoms with Crippen LogP contribution in [0.4, 0.5) is 10.1 Å². The summed E-state index contributed by atoms with van der Waals surface area (Å²) in [4.78, 5) is 30.3. The molecule has 41 heavy (non-hydrogen) atoms. The van der Waals surface area contributed by atoms with Crippen molar-refractivity contribution in [2.75, 3.05) is 11.4 Å². The maximum atomic E-state index is 14.9. The van der Waals surface area contributed by atoms with E-state index in [9.17, 15) is 9.18 Å². The smallest absolute Gasteiger partial charge is 0.232 e. The molecule has 10 rings (SSSR count). The van der Waals surface area contributed by atoms with Crippen molar-refractivity contribution in [1.82, 2.24) is 20.1 Å². The highest BCUT2D eigenvalue weighted by Crippen LogP contribution is 2.58. The minimum Gasteiger partial charge on any atom is -0.339 e. The fraction of sp³-hybridized carbons (Fsp3) is 0.606. The van der Waals surface area contributed by atoms with Crippen LogP contribution in [0.1, 0.15) is 94.0 Å². The summed E-state index contributed by atoms with van der Waals surface area (Å²) in [7, 11) is 0. The van der Waals surface area contributed by atoms with Crippen molar-refractivity contribution in [3.63, 3.8) is 0 Å². The van der Waals surface area contributed by atoms with Gasteiger partial charge in [-0.2, -0.15) is 4.98 Å². The number of nitrogens with zero attached hydrogens (tertiary/aromatic N) is 5. The highest BCUT2D eigenvalue weighted by molar-refractivity contribution is 5.96. The summed E-state index contributed by atoms with van der Waals surface area (Å²) in [6.45, 7) is 2.60. The zero-order chi connectivity index (χ0) is 27.8. The third-order valence-corrected chi connectivity index (χ3v) is 11.3. The minimum atomic E-state index is -0.858. The van der Waals surface area contributed by atoms with Crippen LogP contribution in [0.2, 0.25) is 0 Å². The molecule has 0 saturated heterocycles. The number of benzene rings is 1. The molecule has 214 valence electrons. The molecule has 4 bridgehead atoms. The maximum Gasteiger partial charge on any atom is 0.232 e. The van der Waals surface area contributed by atoms with E-state index in [-0.39, 0.29) is 28.6 Å². The highest BCUT2D eigenvalue weighted by atomic mass is 19.1. The van der Waals surface area contributed by atoms with Crippen molar-refractivity contribution in [2.45, 2.75) is 95.1 Å². The van der Waals surface area contributed by atoms with E-state index in [1.165, 1.54) is 12.8 Å². The Labute approximate surface area is 240 Å². The van der Waals surface area contributed by atoms with Gasteiger partial charge in [0, 0.05) is 41.2 Å². The quantitative estimate of drug-likeness (QED) is 0.322. The molecule has 7 saturated carbocycles. The van der Waals surface area contributed by atoms with Gasteiger partial charge in [0.15, 0.2) is 5.82 Å². The van der Waals surface area contributed by atoms with Gasteiger partial charge in [0.1, 0.15) is 6.17 Å². The fourth-order valence-corrected chi connectivity index (χ4v) is 8.25. The first-order chi connectivity index (χ1) is 19.9. The Balaban J connectivity index is 1.08. The molecule has 7 aliphatic rings. The van der Waals surface area contributed by atoms with Gasteiger partial charge in [-0.25, -0.2) is 4.39 Å². The van der Waals surface area contributed by atoms with Gasteiger partial charge in [-0.1, -0.05) is 17.3 Å². The second kappa shape index (κ2) is 9.43. The lowest BCUT2D eigenvalue weighted by atomic mass is 9.53. The van der Waals surface area contributed by atoms with Crippen LogP contribution in [0.5, 0.6) is 0 Å². The Morgan fingerprint density at radius 1 is 1.02 bits per heavy atom. The van der Waals surface area contributed by atoms with Crippen LogP contribution in [0.3, 0.4) is 0 Å². The summed E-state index contributed by atoms with van der Waals surface area (Å²) >= 11 is 0. The van der Waals surface area contributed by atoms with E-state index in [4.69, 9.17) is 9.51 Å². The molecule has 7 aliphatic carbocycles. The maximum absolute atomic E-state index is 14.9. The average Bonchev–Trinajstić information content (AvgIpc) is 3.71. The molecule has 1 aromatic carbocycles. The third kappa shape index (κ3) is 4.40. The van der Waals surface area contributed by atoms with Crippen molar-refractivity contribution >= 4 is 11.6 Å². The van der Waals surface area contributed by atoms with Gasteiger partial charge in [0.2, 0.25) is 11.8 Å². The van der Waals surface area contributed by atoms with Gasteiger partial charge in [0.25, 0.3) is 0 Å². The molecule has 7 nitrogen and oxygen atoms in total. The van der Waals surface area contributed by atoms with Crippen LogP contribution in [-0.4, -0.2) is 38.7 Å². The van der Waals surface area contributed by atoms with E-state index < -0.39 is 6.17 Å². The first kappa shape index (κ1) is 25.5. The number of aromatic nitrogens is 4. The highest BCUT2D eigenvalue weighted by Gasteiger charge is 2.55. The SMILES string of the molecule is Cc1cnc(-c2cccc(N(CC34CCC(c5nc(C6CC6)no5)(CC3)CC4)C(=O)[C@@H]3CC(F)C4CC3C4)c2)cn1. The van der Waals surface area contributed by atoms with Crippen molar-refractivity contribution in [2.24, 2.45) is 23.2 Å². The second-order valence-electron chi connectivity index (χ2n) is 13.9. The standard InChI is InChI=1S/C33H38FN5O2/c1-20-17-36-28(18-35-20)22-3-2-4-25(15-22)39(30(40)26-16-27(34)24-13-23(26)14-24)19-32-7-10-33(11-8-32,12-9-32)31-37-29(38-41-31)21-5-6-21/h2-4,15,17-18,21,23-24,26-27H,5-14,16,19H2,1H3/t23?,24?,26-,27?,32?,33?/m1/s1. The van der Waals surface area contributed by atoms with Gasteiger partial charge < -0.3 is 9.42 Å². The van der Waals surface area contributed by atoms with Crippen LogP contribution in [0.15, 0.2) is 41.2 Å². The van der Waals surface area contributed by atoms with E-state index in [1.54, 1.807) is 12.4 Å². The fourth-order valence-electron chi connectivity index (χ4n) is 8.25. The molecule has 3 aromatic rings. The van der Waals surface area contributed by atoms with Crippen molar-refractivity contribution in [3.05, 3.63) is 54.1 Å². The topological polar surface area (TPSA) is 85.0 Å². The van der Waals surface area contributed by atoms with Gasteiger partial charge in [-0.3, -0.25) is 14.8 Å². The van der Waals surface area contributed by atoms with Crippen molar-refractivity contribution in [3.8, 4) is 11.3 Å². The number of anilines is 1. The molecular formula is C33H38FN5O2. The molecule has 1 amide bonds. The lowest BCUT2D eigenvalue weighted by Gasteiger charge is -2.54. The summed E-state index contributed by atoms with van der Waals surface area (Å²) in [6, 6.07) is 8.13. The normalized spacial score (nSPS) is 33.8. The summed E-state index contributed by atoms with van der Waals surface area (Å²) in [6.07, 6.45) is 13.2. The number of amides is 1.